The fourth-order valence-corrected chi connectivity index (χ4v) is 9.36. The minimum atomic E-state index is -0.0420. The average Bonchev–Trinajstić information content (AvgIpc) is 3.82. The zero-order chi connectivity index (χ0) is 37.9. The third-order valence-corrected chi connectivity index (χ3v) is 12.1. The van der Waals surface area contributed by atoms with E-state index in [1.165, 1.54) is 49.4 Å². The molecule has 2 aromatic heterocycles. The number of hydrogen-bond donors (Lipinski definition) is 2. The minimum absolute atomic E-state index is 0.0243. The van der Waals surface area contributed by atoms with Crippen molar-refractivity contribution < 1.29 is 4.42 Å². The summed E-state index contributed by atoms with van der Waals surface area (Å²) in [7, 11) is 0. The molecule has 0 radical (unpaired) electrons. The van der Waals surface area contributed by atoms with E-state index < -0.39 is 0 Å². The van der Waals surface area contributed by atoms with Crippen LogP contribution in [0, 0.1) is 5.92 Å². The third kappa shape index (κ3) is 5.76. The van der Waals surface area contributed by atoms with Gasteiger partial charge in [0.1, 0.15) is 11.2 Å². The maximum Gasteiger partial charge on any atom is 0.136 e. The molecule has 3 unspecified atom stereocenters. The molecule has 2 N–H and O–H groups in total. The van der Waals surface area contributed by atoms with Gasteiger partial charge in [-0.2, -0.15) is 0 Å². The summed E-state index contributed by atoms with van der Waals surface area (Å²) in [5, 5.41) is 12.9. The zero-order valence-corrected chi connectivity index (χ0v) is 31.6. The lowest BCUT2D eigenvalue weighted by Crippen LogP contribution is -2.49. The molecule has 11 rings (SSSR count). The molecule has 0 aliphatic carbocycles. The first-order chi connectivity index (χ1) is 28.2. The predicted octanol–water partition coefficient (Wildman–Crippen LogP) is 13.3. The van der Waals surface area contributed by atoms with Crippen LogP contribution >= 0.6 is 0 Å². The van der Waals surface area contributed by atoms with Crippen LogP contribution in [0.2, 0.25) is 0 Å². The number of nitrogens with zero attached hydrogens (tertiary/aromatic N) is 1. The summed E-state index contributed by atoms with van der Waals surface area (Å²) < 4.78 is 9.31. The van der Waals surface area contributed by atoms with Gasteiger partial charge in [0.05, 0.1) is 17.2 Å². The molecule has 10 aromatic rings. The number of hydrogen-bond acceptors (Lipinski definition) is 3. The van der Waals surface area contributed by atoms with Crippen molar-refractivity contribution in [1.29, 1.82) is 0 Å². The molecule has 1 aliphatic heterocycles. The first-order valence-electron chi connectivity index (χ1n) is 19.9. The molecule has 1 aliphatic rings. The van der Waals surface area contributed by atoms with Crippen LogP contribution in [-0.4, -0.2) is 4.57 Å². The smallest absolute Gasteiger partial charge is 0.136 e. The van der Waals surface area contributed by atoms with Gasteiger partial charge in [-0.1, -0.05) is 153 Å². The van der Waals surface area contributed by atoms with Crippen molar-refractivity contribution in [2.45, 2.75) is 25.2 Å². The molecular formula is C53H41N3O. The SMILES string of the molecule is CC1C(c2ccccc2)NC(c2ccccc2)N[C@H]1c1cc(-c2ccccc2)cc2oc3cc(-c4cccc(-n5c6ccccc6c6ccccc65)c4)ccc3c12. The summed E-state index contributed by atoms with van der Waals surface area (Å²) in [4.78, 5) is 0. The maximum absolute atomic E-state index is 6.94. The molecule has 0 amide bonds. The van der Waals surface area contributed by atoms with Gasteiger partial charge in [0.2, 0.25) is 0 Å². The van der Waals surface area contributed by atoms with Gasteiger partial charge in [0.25, 0.3) is 0 Å². The predicted molar refractivity (Wildman–Crippen MR) is 235 cm³/mol. The van der Waals surface area contributed by atoms with Crippen LogP contribution in [0.15, 0.2) is 199 Å². The van der Waals surface area contributed by atoms with Gasteiger partial charge in [-0.25, -0.2) is 0 Å². The molecule has 1 saturated heterocycles. The second kappa shape index (κ2) is 13.8. The quantitative estimate of drug-likeness (QED) is 0.179. The Labute approximate surface area is 332 Å². The highest BCUT2D eigenvalue weighted by atomic mass is 16.3. The number of fused-ring (bicyclic) bond motifs is 6. The van der Waals surface area contributed by atoms with Crippen molar-refractivity contribution in [1.82, 2.24) is 15.2 Å². The Kier molecular flexibility index (Phi) is 8.13. The molecule has 4 heteroatoms. The molecule has 0 bridgehead atoms. The number of rotatable bonds is 6. The standard InChI is InChI=1S/C53H41N3O/c1-34-51(36-18-7-3-8-19-36)54-53(37-20-9-4-10-21-37)55-52(34)45-31-40(35-16-5-2-6-17-35)33-49-50(45)44-29-28-39(32-48(44)57-49)38-22-15-23-41(30-38)56-46-26-13-11-24-42(46)43-25-12-14-27-47(43)56/h2-34,51-55H,1H3/t34?,51?,52-,53?/m1/s1. The van der Waals surface area contributed by atoms with Crippen LogP contribution < -0.4 is 10.6 Å². The monoisotopic (exact) mass is 735 g/mol. The summed E-state index contributed by atoms with van der Waals surface area (Å²) in [5.74, 6) is 0.217. The zero-order valence-electron chi connectivity index (χ0n) is 31.6. The second-order valence-corrected chi connectivity index (χ2v) is 15.4. The number of nitrogens with one attached hydrogen (secondary N) is 2. The fraction of sp³-hybridized carbons (Fsp3) is 0.0943. The molecule has 274 valence electrons. The Bertz CT molecular complexity index is 3000. The first-order valence-corrected chi connectivity index (χ1v) is 19.9. The van der Waals surface area contributed by atoms with Gasteiger partial charge in [-0.15, -0.1) is 0 Å². The Morgan fingerprint density at radius 3 is 1.74 bits per heavy atom. The second-order valence-electron chi connectivity index (χ2n) is 15.4. The third-order valence-electron chi connectivity index (χ3n) is 12.1. The molecular weight excluding hydrogens is 695 g/mol. The summed E-state index contributed by atoms with van der Waals surface area (Å²) in [6.07, 6.45) is -0.0420. The Hall–Kier alpha value is -6.72. The van der Waals surface area contributed by atoms with E-state index >= 15 is 0 Å². The lowest BCUT2D eigenvalue weighted by Gasteiger charge is -2.43. The average molecular weight is 736 g/mol. The van der Waals surface area contributed by atoms with Gasteiger partial charge < -0.3 is 8.98 Å². The van der Waals surface area contributed by atoms with Crippen LogP contribution in [0.25, 0.3) is 71.7 Å². The molecule has 1 fully saturated rings. The van der Waals surface area contributed by atoms with Crippen LogP contribution in [0.5, 0.6) is 0 Å². The summed E-state index contributed by atoms with van der Waals surface area (Å²) in [6, 6.07) is 70.1. The molecule has 4 nitrogen and oxygen atoms in total. The van der Waals surface area contributed by atoms with E-state index in [4.69, 9.17) is 4.42 Å². The van der Waals surface area contributed by atoms with E-state index in [1.807, 2.05) is 0 Å². The fourth-order valence-electron chi connectivity index (χ4n) is 9.36. The van der Waals surface area contributed by atoms with Gasteiger partial charge >= 0.3 is 0 Å². The van der Waals surface area contributed by atoms with Crippen molar-refractivity contribution >= 4 is 43.7 Å². The van der Waals surface area contributed by atoms with E-state index in [1.54, 1.807) is 0 Å². The first kappa shape index (κ1) is 33.6. The molecule has 4 atom stereocenters. The normalized spacial score (nSPS) is 18.5. The maximum atomic E-state index is 6.94. The molecule has 3 heterocycles. The van der Waals surface area contributed by atoms with E-state index in [-0.39, 0.29) is 24.2 Å². The van der Waals surface area contributed by atoms with E-state index in [0.717, 1.165) is 38.9 Å². The van der Waals surface area contributed by atoms with Crippen LogP contribution in [0.4, 0.5) is 0 Å². The highest BCUT2D eigenvalue weighted by molar-refractivity contribution is 6.10. The molecule has 0 saturated carbocycles. The molecule has 0 spiro atoms. The van der Waals surface area contributed by atoms with Crippen molar-refractivity contribution in [3.63, 3.8) is 0 Å². The Balaban J connectivity index is 1.07. The minimum Gasteiger partial charge on any atom is -0.456 e. The van der Waals surface area contributed by atoms with E-state index in [9.17, 15) is 0 Å². The lowest BCUT2D eigenvalue weighted by atomic mass is 9.80. The van der Waals surface area contributed by atoms with Crippen LogP contribution in [-0.2, 0) is 0 Å². The Morgan fingerprint density at radius 1 is 0.439 bits per heavy atom. The van der Waals surface area contributed by atoms with Crippen molar-refractivity contribution in [2.24, 2.45) is 5.92 Å². The molecule has 8 aromatic carbocycles. The van der Waals surface area contributed by atoms with E-state index in [2.05, 4.69) is 216 Å². The van der Waals surface area contributed by atoms with Gasteiger partial charge in [0, 0.05) is 39.3 Å². The van der Waals surface area contributed by atoms with E-state index in [0.29, 0.717) is 0 Å². The number of furan rings is 1. The summed E-state index contributed by atoms with van der Waals surface area (Å²) >= 11 is 0. The van der Waals surface area contributed by atoms with Gasteiger partial charge in [-0.3, -0.25) is 10.6 Å². The van der Waals surface area contributed by atoms with Crippen LogP contribution in [0.3, 0.4) is 0 Å². The lowest BCUT2D eigenvalue weighted by molar-refractivity contribution is 0.175. The number of aromatic nitrogens is 1. The van der Waals surface area contributed by atoms with Gasteiger partial charge in [-0.05, 0) is 93.4 Å². The van der Waals surface area contributed by atoms with Crippen molar-refractivity contribution in [3.05, 3.63) is 211 Å². The highest BCUT2D eigenvalue weighted by Crippen LogP contribution is 2.46. The van der Waals surface area contributed by atoms with Crippen molar-refractivity contribution in [2.75, 3.05) is 0 Å². The highest BCUT2D eigenvalue weighted by Gasteiger charge is 2.38. The summed E-state index contributed by atoms with van der Waals surface area (Å²) in [6.45, 7) is 2.37. The van der Waals surface area contributed by atoms with Crippen LogP contribution in [0.1, 0.15) is 41.9 Å². The van der Waals surface area contributed by atoms with Gasteiger partial charge in [0.15, 0.2) is 0 Å². The number of para-hydroxylation sites is 2. The topological polar surface area (TPSA) is 42.1 Å². The molecule has 57 heavy (non-hydrogen) atoms. The number of benzene rings is 8. The largest absolute Gasteiger partial charge is 0.456 e. The Morgan fingerprint density at radius 2 is 1.02 bits per heavy atom. The van der Waals surface area contributed by atoms with Crippen molar-refractivity contribution in [3.8, 4) is 27.9 Å². The summed E-state index contributed by atoms with van der Waals surface area (Å²) in [5.41, 5.74) is 13.7.